The van der Waals surface area contributed by atoms with Crippen LogP contribution in [0.1, 0.15) is 20.0 Å². The third kappa shape index (κ3) is 2.46. The van der Waals surface area contributed by atoms with E-state index in [1.807, 2.05) is 0 Å². The summed E-state index contributed by atoms with van der Waals surface area (Å²) in [7, 11) is 0. The normalized spacial score (nSPS) is 10.0. The van der Waals surface area contributed by atoms with Crippen LogP contribution in [0.25, 0.3) is 0 Å². The standard InChI is InChI=1S/C11H9N3O3S/c12-7-3-6(11(16)17)1-2-8(7)14-10(15)9-4-13-5-18-9/h1-5H,12H2,(H,14,15)(H,16,17). The van der Waals surface area contributed by atoms with Gasteiger partial charge in [-0.25, -0.2) is 4.79 Å². The number of nitrogen functional groups attached to an aromatic ring is 1. The van der Waals surface area contributed by atoms with E-state index in [4.69, 9.17) is 10.8 Å². The number of nitrogens with zero attached hydrogens (tertiary/aromatic N) is 1. The predicted octanol–water partition coefficient (Wildman–Crippen LogP) is 1.68. The lowest BCUT2D eigenvalue weighted by Gasteiger charge is -2.07. The molecule has 1 amide bonds. The first-order chi connectivity index (χ1) is 8.58. The molecule has 0 aliphatic rings. The lowest BCUT2D eigenvalue weighted by atomic mass is 10.1. The average molecular weight is 263 g/mol. The number of aromatic nitrogens is 1. The first kappa shape index (κ1) is 12.1. The third-order valence-electron chi connectivity index (χ3n) is 2.20. The molecule has 18 heavy (non-hydrogen) atoms. The van der Waals surface area contributed by atoms with Gasteiger partial charge in [-0.05, 0) is 18.2 Å². The molecular weight excluding hydrogens is 254 g/mol. The molecule has 1 heterocycles. The molecule has 6 nitrogen and oxygen atoms in total. The summed E-state index contributed by atoms with van der Waals surface area (Å²) in [5, 5.41) is 11.4. The van der Waals surface area contributed by atoms with Crippen LogP contribution in [0.5, 0.6) is 0 Å². The maximum atomic E-state index is 11.7. The number of thiazole rings is 1. The van der Waals surface area contributed by atoms with Crippen LogP contribution >= 0.6 is 11.3 Å². The van der Waals surface area contributed by atoms with Crippen molar-refractivity contribution in [1.82, 2.24) is 4.98 Å². The Kier molecular flexibility index (Phi) is 3.24. The average Bonchev–Trinajstić information content (AvgIpc) is 2.85. The van der Waals surface area contributed by atoms with E-state index < -0.39 is 5.97 Å². The van der Waals surface area contributed by atoms with E-state index in [-0.39, 0.29) is 17.2 Å². The first-order valence-corrected chi connectivity index (χ1v) is 5.78. The van der Waals surface area contributed by atoms with Crippen LogP contribution in [0.2, 0.25) is 0 Å². The Bertz CT molecular complexity index is 596. The van der Waals surface area contributed by atoms with Crippen LogP contribution in [-0.4, -0.2) is 22.0 Å². The number of carboxylic acid groups (broad SMARTS) is 1. The molecule has 0 saturated heterocycles. The zero-order chi connectivity index (χ0) is 13.1. The SMILES string of the molecule is Nc1cc(C(=O)O)ccc1NC(=O)c1cncs1. The number of rotatable bonds is 3. The summed E-state index contributed by atoms with van der Waals surface area (Å²) in [4.78, 5) is 26.7. The van der Waals surface area contributed by atoms with Crippen molar-refractivity contribution < 1.29 is 14.7 Å². The van der Waals surface area contributed by atoms with E-state index in [0.717, 1.165) is 0 Å². The van der Waals surface area contributed by atoms with Gasteiger partial charge in [0, 0.05) is 0 Å². The van der Waals surface area contributed by atoms with E-state index in [9.17, 15) is 9.59 Å². The fraction of sp³-hybridized carbons (Fsp3) is 0. The molecule has 0 fully saturated rings. The quantitative estimate of drug-likeness (QED) is 0.730. The first-order valence-electron chi connectivity index (χ1n) is 4.90. The number of hydrogen-bond acceptors (Lipinski definition) is 5. The zero-order valence-corrected chi connectivity index (χ0v) is 9.90. The highest BCUT2D eigenvalue weighted by atomic mass is 32.1. The topological polar surface area (TPSA) is 105 Å². The predicted molar refractivity (Wildman–Crippen MR) is 67.9 cm³/mol. The minimum absolute atomic E-state index is 0.0725. The van der Waals surface area contributed by atoms with Crippen molar-refractivity contribution in [1.29, 1.82) is 0 Å². The Balaban J connectivity index is 2.20. The smallest absolute Gasteiger partial charge is 0.335 e. The van der Waals surface area contributed by atoms with Gasteiger partial charge in [0.05, 0.1) is 28.6 Å². The van der Waals surface area contributed by atoms with E-state index in [1.54, 1.807) is 5.51 Å². The van der Waals surface area contributed by atoms with Gasteiger partial charge in [0.2, 0.25) is 0 Å². The molecule has 0 aliphatic carbocycles. The van der Waals surface area contributed by atoms with Gasteiger partial charge in [0.15, 0.2) is 0 Å². The number of nitrogens with two attached hydrogens (primary N) is 1. The summed E-state index contributed by atoms with van der Waals surface area (Å²) in [6, 6.07) is 4.13. The molecule has 0 spiro atoms. The molecule has 0 atom stereocenters. The van der Waals surface area contributed by atoms with Gasteiger partial charge >= 0.3 is 5.97 Å². The summed E-state index contributed by atoms with van der Waals surface area (Å²) >= 11 is 1.21. The number of aromatic carboxylic acids is 1. The number of carboxylic acids is 1. The molecule has 1 aromatic carbocycles. The number of hydrogen-bond donors (Lipinski definition) is 3. The van der Waals surface area contributed by atoms with Crippen LogP contribution < -0.4 is 11.1 Å². The maximum Gasteiger partial charge on any atom is 0.335 e. The number of carbonyl (C=O) groups excluding carboxylic acids is 1. The molecule has 0 bridgehead atoms. The molecule has 0 aliphatic heterocycles. The molecule has 4 N–H and O–H groups in total. The molecule has 2 aromatic rings. The van der Waals surface area contributed by atoms with Gasteiger partial charge in [0.25, 0.3) is 5.91 Å². The van der Waals surface area contributed by atoms with Crippen LogP contribution in [0.3, 0.4) is 0 Å². The van der Waals surface area contributed by atoms with E-state index in [2.05, 4.69) is 10.3 Å². The lowest BCUT2D eigenvalue weighted by Crippen LogP contribution is -2.12. The van der Waals surface area contributed by atoms with Gasteiger partial charge < -0.3 is 16.2 Å². The van der Waals surface area contributed by atoms with E-state index >= 15 is 0 Å². The number of amides is 1. The van der Waals surface area contributed by atoms with Crippen molar-refractivity contribution in [3.63, 3.8) is 0 Å². The molecule has 0 radical (unpaired) electrons. The van der Waals surface area contributed by atoms with Gasteiger partial charge in [-0.15, -0.1) is 11.3 Å². The minimum Gasteiger partial charge on any atom is -0.478 e. The number of carbonyl (C=O) groups is 2. The maximum absolute atomic E-state index is 11.7. The molecule has 1 aromatic heterocycles. The molecule has 92 valence electrons. The summed E-state index contributed by atoms with van der Waals surface area (Å²) in [5.74, 6) is -1.39. The fourth-order valence-electron chi connectivity index (χ4n) is 1.32. The van der Waals surface area contributed by atoms with Gasteiger partial charge in [0.1, 0.15) is 4.88 Å². The summed E-state index contributed by atoms with van der Waals surface area (Å²) < 4.78 is 0. The molecular formula is C11H9N3O3S. The van der Waals surface area contributed by atoms with Gasteiger partial charge in [-0.1, -0.05) is 0 Å². The molecule has 0 unspecified atom stereocenters. The zero-order valence-electron chi connectivity index (χ0n) is 9.08. The van der Waals surface area contributed by atoms with Crippen LogP contribution in [0, 0.1) is 0 Å². The van der Waals surface area contributed by atoms with Crippen LogP contribution in [-0.2, 0) is 0 Å². The van der Waals surface area contributed by atoms with Crippen molar-refractivity contribution >= 4 is 34.6 Å². The Morgan fingerprint density at radius 2 is 2.17 bits per heavy atom. The second kappa shape index (κ2) is 4.84. The van der Waals surface area contributed by atoms with Crippen LogP contribution in [0.4, 0.5) is 11.4 Å². The van der Waals surface area contributed by atoms with E-state index in [1.165, 1.54) is 35.7 Å². The Morgan fingerprint density at radius 3 is 2.72 bits per heavy atom. The number of anilines is 2. The Labute approximate surface area is 106 Å². The van der Waals surface area contributed by atoms with Crippen molar-refractivity contribution in [2.75, 3.05) is 11.1 Å². The second-order valence-corrected chi connectivity index (χ2v) is 4.31. The molecule has 0 saturated carbocycles. The largest absolute Gasteiger partial charge is 0.478 e. The van der Waals surface area contributed by atoms with Crippen molar-refractivity contribution in [2.24, 2.45) is 0 Å². The van der Waals surface area contributed by atoms with E-state index in [0.29, 0.717) is 10.6 Å². The Morgan fingerprint density at radius 1 is 1.39 bits per heavy atom. The second-order valence-electron chi connectivity index (χ2n) is 3.43. The van der Waals surface area contributed by atoms with Gasteiger partial charge in [-0.2, -0.15) is 0 Å². The third-order valence-corrected chi connectivity index (χ3v) is 2.97. The number of benzene rings is 1. The minimum atomic E-state index is -1.07. The highest BCUT2D eigenvalue weighted by Gasteiger charge is 2.11. The van der Waals surface area contributed by atoms with Gasteiger partial charge in [-0.3, -0.25) is 9.78 Å². The monoisotopic (exact) mass is 263 g/mol. The molecule has 2 rings (SSSR count). The summed E-state index contributed by atoms with van der Waals surface area (Å²) in [6.45, 7) is 0. The Hall–Kier alpha value is -2.41. The highest BCUT2D eigenvalue weighted by molar-refractivity contribution is 7.11. The summed E-state index contributed by atoms with van der Waals surface area (Å²) in [6.07, 6.45) is 1.45. The summed E-state index contributed by atoms with van der Waals surface area (Å²) in [5.41, 5.74) is 7.87. The number of nitrogens with one attached hydrogen (secondary N) is 1. The molecule has 7 heteroatoms. The highest BCUT2D eigenvalue weighted by Crippen LogP contribution is 2.21. The van der Waals surface area contributed by atoms with Crippen molar-refractivity contribution in [2.45, 2.75) is 0 Å². The van der Waals surface area contributed by atoms with Crippen LogP contribution in [0.15, 0.2) is 29.9 Å². The fourth-order valence-corrected chi connectivity index (χ4v) is 1.84. The lowest BCUT2D eigenvalue weighted by molar-refractivity contribution is 0.0697. The van der Waals surface area contributed by atoms with Crippen molar-refractivity contribution in [3.05, 3.63) is 40.3 Å². The van der Waals surface area contributed by atoms with Crippen molar-refractivity contribution in [3.8, 4) is 0 Å².